The van der Waals surface area contributed by atoms with E-state index in [9.17, 15) is 9.90 Å². The lowest BCUT2D eigenvalue weighted by Crippen LogP contribution is -2.22. The van der Waals surface area contributed by atoms with Gasteiger partial charge in [0.1, 0.15) is 24.7 Å². The van der Waals surface area contributed by atoms with Crippen LogP contribution in [0.1, 0.15) is 10.4 Å². The third kappa shape index (κ3) is 4.03. The molecule has 0 aliphatic rings. The number of benzene rings is 2. The number of rotatable bonds is 6. The second-order valence-corrected chi connectivity index (χ2v) is 3.83. The first-order valence-electron chi connectivity index (χ1n) is 5.88. The lowest BCUT2D eigenvalue weighted by atomic mass is 10.2. The summed E-state index contributed by atoms with van der Waals surface area (Å²) in [5, 5.41) is 10.7. The van der Waals surface area contributed by atoms with Crippen LogP contribution in [-0.4, -0.2) is 19.2 Å². The summed E-state index contributed by atoms with van der Waals surface area (Å²) >= 11 is 0. The number of aromatic carboxylic acids is 1. The molecule has 2 aromatic rings. The van der Waals surface area contributed by atoms with E-state index in [0.717, 1.165) is 5.75 Å². The van der Waals surface area contributed by atoms with Gasteiger partial charge in [-0.2, -0.15) is 0 Å². The Morgan fingerprint density at radius 2 is 1.53 bits per heavy atom. The number of para-hydroxylation sites is 1. The number of hydrogen-bond donors (Lipinski definition) is 0. The lowest BCUT2D eigenvalue weighted by Gasteiger charge is -2.09. The molecule has 0 amide bonds. The predicted molar refractivity (Wildman–Crippen MR) is 68.2 cm³/mol. The Bertz CT molecular complexity index is 537. The maximum absolute atomic E-state index is 10.7. The standard InChI is InChI=1S/C15H14O4/c16-15(17)12-5-4-8-14(11-12)19-10-9-18-13-6-2-1-3-7-13/h1-8,11H,9-10H2,(H,16,17)/p-1. The van der Waals surface area contributed by atoms with Crippen LogP contribution >= 0.6 is 0 Å². The molecule has 0 unspecified atom stereocenters. The van der Waals surface area contributed by atoms with E-state index in [1.165, 1.54) is 12.1 Å². The number of carbonyl (C=O) groups excluding carboxylic acids is 1. The van der Waals surface area contributed by atoms with Gasteiger partial charge in [-0.15, -0.1) is 0 Å². The van der Waals surface area contributed by atoms with Crippen LogP contribution in [-0.2, 0) is 0 Å². The van der Waals surface area contributed by atoms with Crippen LogP contribution in [0.15, 0.2) is 54.6 Å². The van der Waals surface area contributed by atoms with Gasteiger partial charge >= 0.3 is 0 Å². The number of carbonyl (C=O) groups is 1. The molecule has 98 valence electrons. The lowest BCUT2D eigenvalue weighted by molar-refractivity contribution is -0.255. The van der Waals surface area contributed by atoms with Crippen LogP contribution in [0.5, 0.6) is 11.5 Å². The van der Waals surface area contributed by atoms with Crippen LogP contribution in [0.3, 0.4) is 0 Å². The minimum Gasteiger partial charge on any atom is -0.545 e. The summed E-state index contributed by atoms with van der Waals surface area (Å²) < 4.78 is 10.9. The third-order valence-electron chi connectivity index (χ3n) is 2.43. The summed E-state index contributed by atoms with van der Waals surface area (Å²) in [5.74, 6) is 0.0407. The summed E-state index contributed by atoms with van der Waals surface area (Å²) in [4.78, 5) is 10.7. The normalized spacial score (nSPS) is 9.89. The molecule has 0 aliphatic heterocycles. The average molecular weight is 257 g/mol. The molecule has 0 fully saturated rings. The van der Waals surface area contributed by atoms with Crippen molar-refractivity contribution in [2.75, 3.05) is 13.2 Å². The van der Waals surface area contributed by atoms with Crippen molar-refractivity contribution in [3.05, 3.63) is 60.2 Å². The second kappa shape index (κ2) is 6.44. The Morgan fingerprint density at radius 1 is 0.895 bits per heavy atom. The number of hydrogen-bond acceptors (Lipinski definition) is 4. The highest BCUT2D eigenvalue weighted by atomic mass is 16.5. The molecule has 4 nitrogen and oxygen atoms in total. The first-order valence-corrected chi connectivity index (χ1v) is 5.88. The van der Waals surface area contributed by atoms with Gasteiger partial charge in [0.05, 0.1) is 5.97 Å². The van der Waals surface area contributed by atoms with Gasteiger partial charge in [0.25, 0.3) is 0 Å². The SMILES string of the molecule is O=C([O-])c1cccc(OCCOc2ccccc2)c1. The molecule has 0 atom stereocenters. The highest BCUT2D eigenvalue weighted by molar-refractivity contribution is 5.86. The van der Waals surface area contributed by atoms with Crippen molar-refractivity contribution in [2.24, 2.45) is 0 Å². The van der Waals surface area contributed by atoms with Crippen molar-refractivity contribution in [1.29, 1.82) is 0 Å². The minimum atomic E-state index is -1.22. The fraction of sp³-hybridized carbons (Fsp3) is 0.133. The molecule has 4 heteroatoms. The van der Waals surface area contributed by atoms with Gasteiger partial charge in [-0.3, -0.25) is 0 Å². The molecule has 0 bridgehead atoms. The fourth-order valence-corrected chi connectivity index (χ4v) is 1.55. The molecule has 19 heavy (non-hydrogen) atoms. The van der Waals surface area contributed by atoms with Gasteiger partial charge in [-0.1, -0.05) is 30.3 Å². The molecule has 0 aliphatic carbocycles. The quantitative estimate of drug-likeness (QED) is 0.736. The van der Waals surface area contributed by atoms with Gasteiger partial charge in [0, 0.05) is 5.56 Å². The molecular formula is C15H13O4-. The molecule has 0 radical (unpaired) electrons. The zero-order valence-electron chi connectivity index (χ0n) is 10.2. The first-order chi connectivity index (χ1) is 9.25. The van der Waals surface area contributed by atoms with E-state index in [1.807, 2.05) is 30.3 Å². The fourth-order valence-electron chi connectivity index (χ4n) is 1.55. The smallest absolute Gasteiger partial charge is 0.122 e. The van der Waals surface area contributed by atoms with Crippen molar-refractivity contribution in [1.82, 2.24) is 0 Å². The van der Waals surface area contributed by atoms with Crippen molar-refractivity contribution >= 4 is 5.97 Å². The molecule has 0 heterocycles. The van der Waals surface area contributed by atoms with Crippen LogP contribution < -0.4 is 14.6 Å². The Balaban J connectivity index is 1.80. The molecule has 0 saturated heterocycles. The Kier molecular flexibility index (Phi) is 4.39. The van der Waals surface area contributed by atoms with Crippen molar-refractivity contribution in [3.8, 4) is 11.5 Å². The van der Waals surface area contributed by atoms with Crippen LogP contribution in [0, 0.1) is 0 Å². The molecule has 0 aromatic heterocycles. The second-order valence-electron chi connectivity index (χ2n) is 3.83. The van der Waals surface area contributed by atoms with E-state index in [0.29, 0.717) is 19.0 Å². The van der Waals surface area contributed by atoms with Crippen LogP contribution in [0.25, 0.3) is 0 Å². The predicted octanol–water partition coefficient (Wildman–Crippen LogP) is 1.51. The van der Waals surface area contributed by atoms with Crippen molar-refractivity contribution in [2.45, 2.75) is 0 Å². The van der Waals surface area contributed by atoms with E-state index in [1.54, 1.807) is 12.1 Å². The van der Waals surface area contributed by atoms with Gasteiger partial charge < -0.3 is 19.4 Å². The van der Waals surface area contributed by atoms with Gasteiger partial charge in [0.15, 0.2) is 0 Å². The molecule has 0 saturated carbocycles. The zero-order valence-corrected chi connectivity index (χ0v) is 10.2. The monoisotopic (exact) mass is 257 g/mol. The van der Waals surface area contributed by atoms with E-state index >= 15 is 0 Å². The summed E-state index contributed by atoms with van der Waals surface area (Å²) in [7, 11) is 0. The van der Waals surface area contributed by atoms with Gasteiger partial charge in [-0.05, 0) is 24.3 Å². The third-order valence-corrected chi connectivity index (χ3v) is 2.43. The van der Waals surface area contributed by atoms with E-state index in [-0.39, 0.29) is 5.56 Å². The minimum absolute atomic E-state index is 0.0986. The van der Waals surface area contributed by atoms with E-state index < -0.39 is 5.97 Å². The maximum atomic E-state index is 10.7. The summed E-state index contributed by atoms with van der Waals surface area (Å²) in [5.41, 5.74) is 0.0986. The largest absolute Gasteiger partial charge is 0.545 e. The Morgan fingerprint density at radius 3 is 2.21 bits per heavy atom. The Hall–Kier alpha value is -2.49. The number of ether oxygens (including phenoxy) is 2. The van der Waals surface area contributed by atoms with Crippen molar-refractivity contribution < 1.29 is 19.4 Å². The summed E-state index contributed by atoms with van der Waals surface area (Å²) in [6.07, 6.45) is 0. The van der Waals surface area contributed by atoms with Crippen LogP contribution in [0.2, 0.25) is 0 Å². The van der Waals surface area contributed by atoms with E-state index in [4.69, 9.17) is 9.47 Å². The van der Waals surface area contributed by atoms with Crippen molar-refractivity contribution in [3.63, 3.8) is 0 Å². The molecule has 2 rings (SSSR count). The van der Waals surface area contributed by atoms with Crippen LogP contribution in [0.4, 0.5) is 0 Å². The highest BCUT2D eigenvalue weighted by Crippen LogP contribution is 2.13. The first kappa shape index (κ1) is 13.0. The number of carboxylic acids is 1. The van der Waals surface area contributed by atoms with Gasteiger partial charge in [-0.25, -0.2) is 0 Å². The number of carboxylic acid groups (broad SMARTS) is 1. The zero-order chi connectivity index (χ0) is 13.5. The maximum Gasteiger partial charge on any atom is 0.122 e. The molecule has 0 spiro atoms. The molecular weight excluding hydrogens is 244 g/mol. The highest BCUT2D eigenvalue weighted by Gasteiger charge is 1.98. The summed E-state index contributed by atoms with van der Waals surface area (Å²) in [6.45, 7) is 0.727. The van der Waals surface area contributed by atoms with E-state index in [2.05, 4.69) is 0 Å². The average Bonchev–Trinajstić information content (AvgIpc) is 2.45. The Labute approximate surface area is 111 Å². The molecule has 0 N–H and O–H groups in total. The molecule has 2 aromatic carbocycles. The summed E-state index contributed by atoms with van der Waals surface area (Å²) in [6, 6.07) is 15.6. The topological polar surface area (TPSA) is 58.6 Å². The van der Waals surface area contributed by atoms with Gasteiger partial charge in [0.2, 0.25) is 0 Å².